The minimum atomic E-state index is -0.235. The molecule has 0 saturated carbocycles. The summed E-state index contributed by atoms with van der Waals surface area (Å²) in [5.41, 5.74) is 3.01. The standard InChI is InChI=1S/C21H18Cl2FNO/c22-18-5-1-16(2-6-18)14-26-21-10-7-19(23)11-17(21)13-25-12-15-3-8-20(24)9-4-15/h1-11,25H,12-14H2. The molecule has 0 aliphatic heterocycles. The molecule has 1 N–H and O–H groups in total. The van der Waals surface area contributed by atoms with E-state index in [2.05, 4.69) is 5.32 Å². The summed E-state index contributed by atoms with van der Waals surface area (Å²) in [5, 5.41) is 4.69. The fourth-order valence-corrected chi connectivity index (χ4v) is 2.83. The van der Waals surface area contributed by atoms with Crippen LogP contribution in [0.4, 0.5) is 4.39 Å². The highest BCUT2D eigenvalue weighted by molar-refractivity contribution is 6.30. The van der Waals surface area contributed by atoms with E-state index in [-0.39, 0.29) is 5.82 Å². The zero-order valence-electron chi connectivity index (χ0n) is 14.0. The molecule has 0 bridgehead atoms. The maximum Gasteiger partial charge on any atom is 0.124 e. The smallest absolute Gasteiger partial charge is 0.124 e. The molecule has 0 radical (unpaired) electrons. The molecule has 26 heavy (non-hydrogen) atoms. The molecule has 2 nitrogen and oxygen atoms in total. The van der Waals surface area contributed by atoms with E-state index in [9.17, 15) is 4.39 Å². The zero-order valence-corrected chi connectivity index (χ0v) is 15.5. The minimum absolute atomic E-state index is 0.235. The third-order valence-corrected chi connectivity index (χ3v) is 4.38. The van der Waals surface area contributed by atoms with Crippen LogP contribution in [0.1, 0.15) is 16.7 Å². The third-order valence-electron chi connectivity index (χ3n) is 3.89. The number of rotatable bonds is 7. The molecule has 3 rings (SSSR count). The Morgan fingerprint density at radius 3 is 2.15 bits per heavy atom. The number of ether oxygens (including phenoxy) is 1. The number of halogens is 3. The largest absolute Gasteiger partial charge is 0.489 e. The Labute approximate surface area is 162 Å². The maximum absolute atomic E-state index is 13.0. The van der Waals surface area contributed by atoms with E-state index in [0.717, 1.165) is 22.4 Å². The molecule has 3 aromatic carbocycles. The van der Waals surface area contributed by atoms with E-state index in [1.807, 2.05) is 42.5 Å². The molecule has 0 amide bonds. The van der Waals surface area contributed by atoms with Crippen LogP contribution in [0.15, 0.2) is 66.7 Å². The third kappa shape index (κ3) is 5.46. The second kappa shape index (κ2) is 9.04. The van der Waals surface area contributed by atoms with Crippen molar-refractivity contribution in [2.45, 2.75) is 19.7 Å². The van der Waals surface area contributed by atoms with Gasteiger partial charge in [0.25, 0.3) is 0 Å². The molecule has 5 heteroatoms. The lowest BCUT2D eigenvalue weighted by Gasteiger charge is -2.13. The van der Waals surface area contributed by atoms with E-state index in [4.69, 9.17) is 27.9 Å². The average molecular weight is 390 g/mol. The SMILES string of the molecule is Fc1ccc(CNCc2cc(Cl)ccc2OCc2ccc(Cl)cc2)cc1. The molecular formula is C21H18Cl2FNO. The summed E-state index contributed by atoms with van der Waals surface area (Å²) in [6.07, 6.45) is 0. The van der Waals surface area contributed by atoms with Crippen LogP contribution < -0.4 is 10.1 Å². The van der Waals surface area contributed by atoms with Gasteiger partial charge in [0.2, 0.25) is 0 Å². The minimum Gasteiger partial charge on any atom is -0.489 e. The number of hydrogen-bond donors (Lipinski definition) is 1. The molecule has 0 heterocycles. The van der Waals surface area contributed by atoms with Gasteiger partial charge in [0.1, 0.15) is 18.2 Å². The first-order valence-corrected chi connectivity index (χ1v) is 8.96. The Balaban J connectivity index is 1.61. The van der Waals surface area contributed by atoms with Crippen molar-refractivity contribution < 1.29 is 9.13 Å². The summed E-state index contributed by atoms with van der Waals surface area (Å²) >= 11 is 12.0. The predicted molar refractivity (Wildman–Crippen MR) is 104 cm³/mol. The predicted octanol–water partition coefficient (Wildman–Crippen LogP) is 6.00. The van der Waals surface area contributed by atoms with Gasteiger partial charge in [-0.15, -0.1) is 0 Å². The first-order chi connectivity index (χ1) is 12.6. The van der Waals surface area contributed by atoms with Crippen LogP contribution >= 0.6 is 23.2 Å². The highest BCUT2D eigenvalue weighted by Crippen LogP contribution is 2.24. The van der Waals surface area contributed by atoms with Crippen molar-refractivity contribution >= 4 is 23.2 Å². The van der Waals surface area contributed by atoms with Gasteiger partial charge in [-0.25, -0.2) is 4.39 Å². The Kier molecular flexibility index (Phi) is 6.51. The second-order valence-corrected chi connectivity index (χ2v) is 6.77. The molecule has 0 unspecified atom stereocenters. The van der Waals surface area contributed by atoms with Gasteiger partial charge in [0.15, 0.2) is 0 Å². The van der Waals surface area contributed by atoms with Gasteiger partial charge >= 0.3 is 0 Å². The van der Waals surface area contributed by atoms with Crippen molar-refractivity contribution in [1.29, 1.82) is 0 Å². The maximum atomic E-state index is 13.0. The van der Waals surface area contributed by atoms with Gasteiger partial charge in [0, 0.05) is 28.7 Å². The van der Waals surface area contributed by atoms with Gasteiger partial charge in [-0.05, 0) is 53.6 Å². The molecule has 0 aromatic heterocycles. The van der Waals surface area contributed by atoms with Gasteiger partial charge in [0.05, 0.1) is 0 Å². The van der Waals surface area contributed by atoms with Crippen molar-refractivity contribution in [3.8, 4) is 5.75 Å². The van der Waals surface area contributed by atoms with Gasteiger partial charge in [-0.1, -0.05) is 47.5 Å². The molecule has 0 atom stereocenters. The van der Waals surface area contributed by atoms with E-state index >= 15 is 0 Å². The molecule has 0 fully saturated rings. The summed E-state index contributed by atoms with van der Waals surface area (Å²) in [6, 6.07) is 19.5. The van der Waals surface area contributed by atoms with E-state index < -0.39 is 0 Å². The second-order valence-electron chi connectivity index (χ2n) is 5.90. The van der Waals surface area contributed by atoms with Gasteiger partial charge in [-0.3, -0.25) is 0 Å². The van der Waals surface area contributed by atoms with Crippen molar-refractivity contribution in [2.24, 2.45) is 0 Å². The van der Waals surface area contributed by atoms with Crippen LogP contribution in [0.2, 0.25) is 10.0 Å². The van der Waals surface area contributed by atoms with Crippen molar-refractivity contribution in [1.82, 2.24) is 5.32 Å². The normalized spacial score (nSPS) is 10.7. The van der Waals surface area contributed by atoms with Gasteiger partial charge in [-0.2, -0.15) is 0 Å². The van der Waals surface area contributed by atoms with Crippen LogP contribution in [0.3, 0.4) is 0 Å². The molecular weight excluding hydrogens is 372 g/mol. The van der Waals surface area contributed by atoms with Crippen molar-refractivity contribution in [2.75, 3.05) is 0 Å². The Morgan fingerprint density at radius 1 is 0.769 bits per heavy atom. The van der Waals surface area contributed by atoms with Crippen LogP contribution in [0.5, 0.6) is 5.75 Å². The summed E-state index contributed by atoms with van der Waals surface area (Å²) in [6.45, 7) is 1.67. The molecule has 0 spiro atoms. The molecule has 134 valence electrons. The number of benzene rings is 3. The average Bonchev–Trinajstić information content (AvgIpc) is 2.64. The monoisotopic (exact) mass is 389 g/mol. The summed E-state index contributed by atoms with van der Waals surface area (Å²) in [5.74, 6) is 0.539. The fraction of sp³-hybridized carbons (Fsp3) is 0.143. The lowest BCUT2D eigenvalue weighted by Crippen LogP contribution is -2.13. The van der Waals surface area contributed by atoms with Crippen LogP contribution in [0.25, 0.3) is 0 Å². The first-order valence-electron chi connectivity index (χ1n) is 8.21. The van der Waals surface area contributed by atoms with Crippen molar-refractivity contribution in [3.05, 3.63) is 99.3 Å². The fourth-order valence-electron chi connectivity index (χ4n) is 2.51. The van der Waals surface area contributed by atoms with E-state index in [1.165, 1.54) is 12.1 Å². The zero-order chi connectivity index (χ0) is 18.4. The van der Waals surface area contributed by atoms with E-state index in [1.54, 1.807) is 12.1 Å². The molecule has 0 saturated heterocycles. The molecule has 0 aliphatic carbocycles. The number of hydrogen-bond acceptors (Lipinski definition) is 2. The first kappa shape index (κ1) is 18.7. The van der Waals surface area contributed by atoms with Crippen LogP contribution in [-0.4, -0.2) is 0 Å². The lowest BCUT2D eigenvalue weighted by molar-refractivity contribution is 0.302. The van der Waals surface area contributed by atoms with Crippen LogP contribution in [0, 0.1) is 5.82 Å². The van der Waals surface area contributed by atoms with Crippen LogP contribution in [-0.2, 0) is 19.7 Å². The van der Waals surface area contributed by atoms with E-state index in [0.29, 0.717) is 29.7 Å². The Hall–Kier alpha value is -2.07. The summed E-state index contributed by atoms with van der Waals surface area (Å²) in [4.78, 5) is 0. The van der Waals surface area contributed by atoms with Gasteiger partial charge < -0.3 is 10.1 Å². The molecule has 3 aromatic rings. The number of nitrogens with one attached hydrogen (secondary N) is 1. The quantitative estimate of drug-likeness (QED) is 0.534. The topological polar surface area (TPSA) is 21.3 Å². The highest BCUT2D eigenvalue weighted by atomic mass is 35.5. The highest BCUT2D eigenvalue weighted by Gasteiger charge is 2.06. The Bertz CT molecular complexity index is 851. The summed E-state index contributed by atoms with van der Waals surface area (Å²) < 4.78 is 18.9. The molecule has 0 aliphatic rings. The van der Waals surface area contributed by atoms with Crippen molar-refractivity contribution in [3.63, 3.8) is 0 Å². The Morgan fingerprint density at radius 2 is 1.42 bits per heavy atom. The lowest BCUT2D eigenvalue weighted by atomic mass is 10.1. The summed E-state index contributed by atoms with van der Waals surface area (Å²) in [7, 11) is 0.